The van der Waals surface area contributed by atoms with Gasteiger partial charge in [-0.15, -0.1) is 0 Å². The molecule has 0 fully saturated rings. The van der Waals surface area contributed by atoms with E-state index in [2.05, 4.69) is 38.2 Å². The fourth-order valence-corrected chi connectivity index (χ4v) is 4.91. The average molecular weight is 503 g/mol. The van der Waals surface area contributed by atoms with E-state index in [1.807, 2.05) is 0 Å². The molecule has 1 heteroatoms. The fraction of sp³-hybridized carbons (Fsp3) is 0.857. The number of hydrogen-bond donors (Lipinski definition) is 0. The standard InChI is InChI=1S/C35H66O/c1-3-5-7-9-11-13-15-17-19-21-23-25-27-29-31-33-35(36)34-32-30-28-26-24-22-20-18-16-14-12-10-8-6-4-2/h17-20H,3-16,21-34H2,1-2H3/b19-17-,20-18+. The lowest BCUT2D eigenvalue weighted by Gasteiger charge is -2.03. The molecule has 36 heavy (non-hydrogen) atoms. The molecule has 0 aromatic heterocycles. The zero-order valence-electron chi connectivity index (χ0n) is 25.0. The van der Waals surface area contributed by atoms with E-state index in [9.17, 15) is 4.79 Å². The minimum Gasteiger partial charge on any atom is -0.300 e. The van der Waals surface area contributed by atoms with Crippen LogP contribution in [0.25, 0.3) is 0 Å². The molecule has 0 aliphatic rings. The number of hydrogen-bond acceptors (Lipinski definition) is 1. The summed E-state index contributed by atoms with van der Waals surface area (Å²) in [5.41, 5.74) is 0. The summed E-state index contributed by atoms with van der Waals surface area (Å²) in [5, 5.41) is 0. The summed E-state index contributed by atoms with van der Waals surface area (Å²) < 4.78 is 0. The van der Waals surface area contributed by atoms with Gasteiger partial charge in [0.15, 0.2) is 0 Å². The van der Waals surface area contributed by atoms with Crippen LogP contribution >= 0.6 is 0 Å². The monoisotopic (exact) mass is 503 g/mol. The molecule has 0 saturated heterocycles. The number of unbranched alkanes of at least 4 members (excludes halogenated alkanes) is 22. The molecular formula is C35H66O. The summed E-state index contributed by atoms with van der Waals surface area (Å²) >= 11 is 0. The molecule has 0 aliphatic carbocycles. The zero-order valence-corrected chi connectivity index (χ0v) is 25.0. The Morgan fingerprint density at radius 1 is 0.361 bits per heavy atom. The number of ketones is 1. The van der Waals surface area contributed by atoms with Crippen LogP contribution in [-0.2, 0) is 4.79 Å². The van der Waals surface area contributed by atoms with E-state index in [1.54, 1.807) is 0 Å². The first-order chi connectivity index (χ1) is 17.8. The van der Waals surface area contributed by atoms with Crippen LogP contribution < -0.4 is 0 Å². The van der Waals surface area contributed by atoms with Crippen molar-refractivity contribution in [3.05, 3.63) is 24.3 Å². The molecule has 0 bridgehead atoms. The van der Waals surface area contributed by atoms with Gasteiger partial charge in [0.1, 0.15) is 5.78 Å². The molecule has 0 aromatic rings. The highest BCUT2D eigenvalue weighted by Gasteiger charge is 2.02. The van der Waals surface area contributed by atoms with Gasteiger partial charge >= 0.3 is 0 Å². The minimum atomic E-state index is 0.505. The van der Waals surface area contributed by atoms with Crippen LogP contribution in [0.15, 0.2) is 24.3 Å². The summed E-state index contributed by atoms with van der Waals surface area (Å²) in [4.78, 5) is 12.1. The smallest absolute Gasteiger partial charge is 0.132 e. The topological polar surface area (TPSA) is 17.1 Å². The van der Waals surface area contributed by atoms with E-state index in [1.165, 1.54) is 154 Å². The van der Waals surface area contributed by atoms with Crippen molar-refractivity contribution in [1.82, 2.24) is 0 Å². The Labute approximate surface area is 228 Å². The van der Waals surface area contributed by atoms with Gasteiger partial charge in [0.05, 0.1) is 0 Å². The maximum Gasteiger partial charge on any atom is 0.132 e. The van der Waals surface area contributed by atoms with Crippen molar-refractivity contribution in [1.29, 1.82) is 0 Å². The first kappa shape index (κ1) is 35.2. The van der Waals surface area contributed by atoms with Crippen molar-refractivity contribution >= 4 is 5.78 Å². The highest BCUT2D eigenvalue weighted by atomic mass is 16.1. The Kier molecular flexibility index (Phi) is 31.4. The molecule has 1 nitrogen and oxygen atoms in total. The SMILES string of the molecule is CCCCCCCC/C=C\CCCCCCCC(=O)CCCCCCC/C=C/CCCCCCCC. The lowest BCUT2D eigenvalue weighted by Crippen LogP contribution is -1.97. The maximum atomic E-state index is 12.1. The molecule has 0 heterocycles. The van der Waals surface area contributed by atoms with Gasteiger partial charge in [0.25, 0.3) is 0 Å². The van der Waals surface area contributed by atoms with E-state index >= 15 is 0 Å². The van der Waals surface area contributed by atoms with E-state index in [0.29, 0.717) is 5.78 Å². The Balaban J connectivity index is 3.24. The minimum absolute atomic E-state index is 0.505. The third-order valence-corrected chi connectivity index (χ3v) is 7.43. The lowest BCUT2D eigenvalue weighted by atomic mass is 10.0. The molecule has 212 valence electrons. The molecule has 0 spiro atoms. The van der Waals surface area contributed by atoms with Crippen LogP contribution in [-0.4, -0.2) is 5.78 Å². The summed E-state index contributed by atoms with van der Waals surface area (Å²) in [6, 6.07) is 0. The molecule has 0 unspecified atom stereocenters. The summed E-state index contributed by atoms with van der Waals surface area (Å²) in [6.45, 7) is 4.56. The Hall–Kier alpha value is -0.850. The predicted molar refractivity (Wildman–Crippen MR) is 164 cm³/mol. The van der Waals surface area contributed by atoms with Crippen LogP contribution in [0.2, 0.25) is 0 Å². The average Bonchev–Trinajstić information content (AvgIpc) is 2.88. The van der Waals surface area contributed by atoms with Gasteiger partial charge in [0.2, 0.25) is 0 Å². The second-order valence-electron chi connectivity index (χ2n) is 11.2. The number of carbonyl (C=O) groups excluding carboxylic acids is 1. The molecule has 0 N–H and O–H groups in total. The first-order valence-corrected chi connectivity index (χ1v) is 16.6. The van der Waals surface area contributed by atoms with Gasteiger partial charge in [-0.25, -0.2) is 0 Å². The first-order valence-electron chi connectivity index (χ1n) is 16.6. The van der Waals surface area contributed by atoms with Crippen molar-refractivity contribution < 1.29 is 4.79 Å². The van der Waals surface area contributed by atoms with E-state index in [-0.39, 0.29) is 0 Å². The molecule has 0 aromatic carbocycles. The Morgan fingerprint density at radius 2 is 0.611 bits per heavy atom. The third-order valence-electron chi connectivity index (χ3n) is 7.43. The molecule has 0 rings (SSSR count). The van der Waals surface area contributed by atoms with Crippen molar-refractivity contribution in [2.24, 2.45) is 0 Å². The van der Waals surface area contributed by atoms with Gasteiger partial charge in [-0.1, -0.05) is 141 Å². The molecule has 0 aliphatic heterocycles. The summed E-state index contributed by atoms with van der Waals surface area (Å²) in [7, 11) is 0. The second-order valence-corrected chi connectivity index (χ2v) is 11.2. The van der Waals surface area contributed by atoms with Crippen molar-refractivity contribution in [3.8, 4) is 0 Å². The van der Waals surface area contributed by atoms with Crippen LogP contribution in [0.3, 0.4) is 0 Å². The quantitative estimate of drug-likeness (QED) is 0.0704. The van der Waals surface area contributed by atoms with Gasteiger partial charge in [-0.05, 0) is 64.2 Å². The fourth-order valence-electron chi connectivity index (χ4n) is 4.91. The van der Waals surface area contributed by atoms with Crippen LogP contribution in [0.4, 0.5) is 0 Å². The van der Waals surface area contributed by atoms with Crippen molar-refractivity contribution in [3.63, 3.8) is 0 Å². The summed E-state index contributed by atoms with van der Waals surface area (Å²) in [5.74, 6) is 0.505. The van der Waals surface area contributed by atoms with Gasteiger partial charge in [-0.2, -0.15) is 0 Å². The predicted octanol–water partition coefficient (Wildman–Crippen LogP) is 12.6. The summed E-state index contributed by atoms with van der Waals surface area (Å²) in [6.07, 6.45) is 45.5. The van der Waals surface area contributed by atoms with Gasteiger partial charge < -0.3 is 0 Å². The maximum absolute atomic E-state index is 12.1. The molecule has 0 saturated carbocycles. The van der Waals surface area contributed by atoms with Crippen molar-refractivity contribution in [2.75, 3.05) is 0 Å². The van der Waals surface area contributed by atoms with Crippen LogP contribution in [0.5, 0.6) is 0 Å². The van der Waals surface area contributed by atoms with Crippen LogP contribution in [0, 0.1) is 0 Å². The number of Topliss-reactive ketones (excluding diaryl/α,β-unsaturated/α-hetero) is 1. The van der Waals surface area contributed by atoms with Crippen molar-refractivity contribution in [2.45, 2.75) is 194 Å². The van der Waals surface area contributed by atoms with Gasteiger partial charge in [-0.3, -0.25) is 4.79 Å². The van der Waals surface area contributed by atoms with Crippen LogP contribution in [0.1, 0.15) is 194 Å². The van der Waals surface area contributed by atoms with Gasteiger partial charge in [0, 0.05) is 12.8 Å². The number of rotatable bonds is 30. The van der Waals surface area contributed by atoms with E-state index in [0.717, 1.165) is 25.7 Å². The zero-order chi connectivity index (χ0) is 26.2. The Bertz CT molecular complexity index is 433. The highest BCUT2D eigenvalue weighted by Crippen LogP contribution is 2.13. The molecular weight excluding hydrogens is 436 g/mol. The number of carbonyl (C=O) groups is 1. The highest BCUT2D eigenvalue weighted by molar-refractivity contribution is 5.78. The third kappa shape index (κ3) is 31.2. The number of allylic oxidation sites excluding steroid dienone is 4. The molecule has 0 atom stereocenters. The lowest BCUT2D eigenvalue weighted by molar-refractivity contribution is -0.119. The van der Waals surface area contributed by atoms with E-state index in [4.69, 9.17) is 0 Å². The van der Waals surface area contributed by atoms with E-state index < -0.39 is 0 Å². The largest absolute Gasteiger partial charge is 0.300 e. The normalized spacial score (nSPS) is 11.8. The Morgan fingerprint density at radius 3 is 0.917 bits per heavy atom. The molecule has 0 radical (unpaired) electrons. The second kappa shape index (κ2) is 32.2. The molecule has 0 amide bonds.